The molecular weight excluding hydrogens is 582 g/mol. The number of amides is 1. The predicted molar refractivity (Wildman–Crippen MR) is 151 cm³/mol. The Hall–Kier alpha value is -3.47. The van der Waals surface area contributed by atoms with Crippen molar-refractivity contribution in [1.82, 2.24) is 35.3 Å². The number of hydrogen-bond acceptors (Lipinski definition) is 10. The number of nitriles is 1. The van der Waals surface area contributed by atoms with Crippen LogP contribution in [0.4, 0.5) is 5.95 Å². The molecule has 0 radical (unpaired) electrons. The second kappa shape index (κ2) is 11.0. The highest BCUT2D eigenvalue weighted by Crippen LogP contribution is 2.39. The number of hydrogen-bond donors (Lipinski definition) is 3. The normalized spacial score (nSPS) is 19.6. The van der Waals surface area contributed by atoms with E-state index in [1.165, 1.54) is 11.3 Å². The molecule has 1 amide bonds. The summed E-state index contributed by atoms with van der Waals surface area (Å²) in [5.74, 6) is -0.0413. The molecular formula is C26H28BrN9O2S. The average Bonchev–Trinajstić information content (AvgIpc) is 3.64. The van der Waals surface area contributed by atoms with Crippen LogP contribution in [0.15, 0.2) is 29.0 Å². The Labute approximate surface area is 237 Å². The summed E-state index contributed by atoms with van der Waals surface area (Å²) in [6.45, 7) is 3.64. The molecule has 4 aromatic rings. The Morgan fingerprint density at radius 3 is 2.92 bits per heavy atom. The van der Waals surface area contributed by atoms with E-state index in [0.29, 0.717) is 29.0 Å². The van der Waals surface area contributed by atoms with E-state index in [-0.39, 0.29) is 18.6 Å². The van der Waals surface area contributed by atoms with Crippen molar-refractivity contribution >= 4 is 50.2 Å². The van der Waals surface area contributed by atoms with Crippen LogP contribution in [0.5, 0.6) is 0 Å². The first kappa shape index (κ1) is 27.1. The molecule has 0 spiro atoms. The quantitative estimate of drug-likeness (QED) is 0.270. The van der Waals surface area contributed by atoms with Crippen molar-refractivity contribution in [2.75, 3.05) is 19.0 Å². The number of nitrogens with zero attached hydrogens (tertiary/aromatic N) is 7. The summed E-state index contributed by atoms with van der Waals surface area (Å²) in [5.41, 5.74) is 2.66. The lowest BCUT2D eigenvalue weighted by molar-refractivity contribution is -0.129. The zero-order valence-corrected chi connectivity index (χ0v) is 24.2. The molecule has 1 unspecified atom stereocenters. The third-order valence-corrected chi connectivity index (χ3v) is 8.65. The van der Waals surface area contributed by atoms with Gasteiger partial charge in [-0.25, -0.2) is 9.67 Å². The zero-order valence-electron chi connectivity index (χ0n) is 21.8. The molecule has 1 aromatic carbocycles. The van der Waals surface area contributed by atoms with Crippen LogP contribution in [-0.2, 0) is 11.2 Å². The number of anilines is 1. The molecule has 0 bridgehead atoms. The smallest absolute Gasteiger partial charge is 0.225 e. The number of nitrogens with one attached hydrogen (secondary N) is 2. The van der Waals surface area contributed by atoms with Crippen LogP contribution in [0.3, 0.4) is 0 Å². The van der Waals surface area contributed by atoms with Crippen LogP contribution < -0.4 is 10.6 Å². The highest BCUT2D eigenvalue weighted by atomic mass is 79.9. The molecule has 1 saturated carbocycles. The van der Waals surface area contributed by atoms with E-state index >= 15 is 0 Å². The second-order valence-corrected chi connectivity index (χ2v) is 12.0. The summed E-state index contributed by atoms with van der Waals surface area (Å²) in [6, 6.07) is 8.06. The van der Waals surface area contributed by atoms with Crippen LogP contribution >= 0.6 is 27.3 Å². The molecule has 39 heavy (non-hydrogen) atoms. The van der Waals surface area contributed by atoms with Crippen molar-refractivity contribution < 1.29 is 9.90 Å². The monoisotopic (exact) mass is 609 g/mol. The van der Waals surface area contributed by atoms with Crippen molar-refractivity contribution in [2.24, 2.45) is 11.3 Å². The molecule has 0 saturated heterocycles. The summed E-state index contributed by atoms with van der Waals surface area (Å²) < 4.78 is 2.34. The molecule has 1 aliphatic carbocycles. The lowest BCUT2D eigenvalue weighted by atomic mass is 9.87. The van der Waals surface area contributed by atoms with Crippen LogP contribution in [0.25, 0.3) is 27.3 Å². The summed E-state index contributed by atoms with van der Waals surface area (Å²) in [4.78, 5) is 21.6. The number of carbonyl (C=O) groups excluding carboxylic acids is 1. The van der Waals surface area contributed by atoms with Crippen LogP contribution in [0, 0.1) is 29.6 Å². The topological polar surface area (TPSA) is 155 Å². The second-order valence-electron chi connectivity index (χ2n) is 10.0. The number of carbonyl (C=O) groups is 1. The SMILES string of the molecule is CNC(=O)[C@]1(C)CC[C@@H](Nc2ncc3c(Br)nn(-c4ccc(-c5nnc(C)s5)c(CC(C#N)CO)c4)c3n2)C1. The number of aliphatic hydroxyl groups excluding tert-OH is 1. The van der Waals surface area contributed by atoms with Gasteiger partial charge in [0, 0.05) is 30.3 Å². The Morgan fingerprint density at radius 2 is 2.23 bits per heavy atom. The molecule has 3 N–H and O–H groups in total. The molecule has 202 valence electrons. The Balaban J connectivity index is 1.50. The van der Waals surface area contributed by atoms with Gasteiger partial charge in [0.1, 0.15) is 14.6 Å². The third-order valence-electron chi connectivity index (χ3n) is 7.19. The van der Waals surface area contributed by atoms with E-state index in [0.717, 1.165) is 45.1 Å². The van der Waals surface area contributed by atoms with Gasteiger partial charge in [0.15, 0.2) is 5.65 Å². The zero-order chi connectivity index (χ0) is 27.7. The largest absolute Gasteiger partial charge is 0.395 e. The standard InChI is InChI=1S/C26H28BrN9O2S/c1-14-33-34-23(39-14)19-5-4-18(9-16(19)8-15(11-28)13-37)36-22-20(21(27)35-36)12-30-25(32-22)31-17-6-7-26(2,10-17)24(38)29-3/h4-5,9,12,15,17,37H,6-8,10,13H2,1-3H3,(H,29,38)(H,30,31,32)/t15?,17-,26-/m1/s1. The lowest BCUT2D eigenvalue weighted by Crippen LogP contribution is -2.35. The fourth-order valence-corrected chi connectivity index (χ4v) is 6.27. The van der Waals surface area contributed by atoms with Gasteiger partial charge in [-0.05, 0) is 72.3 Å². The maximum absolute atomic E-state index is 12.3. The third kappa shape index (κ3) is 5.36. The van der Waals surface area contributed by atoms with Gasteiger partial charge >= 0.3 is 0 Å². The van der Waals surface area contributed by atoms with Crippen LogP contribution in [-0.4, -0.2) is 60.7 Å². The summed E-state index contributed by atoms with van der Waals surface area (Å²) in [7, 11) is 1.67. The maximum atomic E-state index is 12.3. The fourth-order valence-electron chi connectivity index (χ4n) is 5.08. The minimum absolute atomic E-state index is 0.0490. The Kier molecular flexibility index (Phi) is 7.61. The number of rotatable bonds is 8. The highest BCUT2D eigenvalue weighted by molar-refractivity contribution is 9.10. The van der Waals surface area contributed by atoms with Gasteiger partial charge in [-0.15, -0.1) is 10.2 Å². The van der Waals surface area contributed by atoms with Gasteiger partial charge in [0.2, 0.25) is 11.9 Å². The molecule has 3 atom stereocenters. The van der Waals surface area contributed by atoms with Gasteiger partial charge in [-0.1, -0.05) is 18.3 Å². The summed E-state index contributed by atoms with van der Waals surface area (Å²) in [5, 5.41) is 40.8. The van der Waals surface area contributed by atoms with E-state index in [2.05, 4.69) is 52.9 Å². The first-order chi connectivity index (χ1) is 18.7. The van der Waals surface area contributed by atoms with Crippen molar-refractivity contribution in [2.45, 2.75) is 45.6 Å². The van der Waals surface area contributed by atoms with E-state index < -0.39 is 11.3 Å². The summed E-state index contributed by atoms with van der Waals surface area (Å²) >= 11 is 5.01. The first-order valence-electron chi connectivity index (χ1n) is 12.6. The van der Waals surface area contributed by atoms with Crippen LogP contribution in [0.1, 0.15) is 36.8 Å². The van der Waals surface area contributed by atoms with Gasteiger partial charge in [0.25, 0.3) is 0 Å². The minimum Gasteiger partial charge on any atom is -0.395 e. The van der Waals surface area contributed by atoms with Crippen LogP contribution in [0.2, 0.25) is 0 Å². The molecule has 1 aliphatic rings. The lowest BCUT2D eigenvalue weighted by Gasteiger charge is -2.22. The number of benzene rings is 1. The average molecular weight is 611 g/mol. The van der Waals surface area contributed by atoms with Gasteiger partial charge in [-0.2, -0.15) is 15.3 Å². The Morgan fingerprint density at radius 1 is 1.41 bits per heavy atom. The number of aromatic nitrogens is 6. The molecule has 3 heterocycles. The number of fused-ring (bicyclic) bond motifs is 1. The van der Waals surface area contributed by atoms with Crippen molar-refractivity contribution in [3.8, 4) is 22.3 Å². The molecule has 3 aromatic heterocycles. The van der Waals surface area contributed by atoms with Gasteiger partial charge < -0.3 is 15.7 Å². The van der Waals surface area contributed by atoms with Crippen molar-refractivity contribution in [3.63, 3.8) is 0 Å². The predicted octanol–water partition coefficient (Wildman–Crippen LogP) is 3.80. The maximum Gasteiger partial charge on any atom is 0.225 e. The minimum atomic E-state index is -0.556. The molecule has 0 aliphatic heterocycles. The molecule has 5 rings (SSSR count). The number of halogens is 1. The van der Waals surface area contributed by atoms with Gasteiger partial charge in [-0.3, -0.25) is 4.79 Å². The van der Waals surface area contributed by atoms with Gasteiger partial charge in [0.05, 0.1) is 29.7 Å². The molecule has 1 fully saturated rings. The highest BCUT2D eigenvalue weighted by Gasteiger charge is 2.41. The summed E-state index contributed by atoms with van der Waals surface area (Å²) in [6.07, 6.45) is 4.40. The van der Waals surface area contributed by atoms with E-state index in [1.807, 2.05) is 32.0 Å². The van der Waals surface area contributed by atoms with E-state index in [4.69, 9.17) is 4.98 Å². The first-order valence-corrected chi connectivity index (χ1v) is 14.2. The number of aryl methyl sites for hydroxylation is 1. The molecule has 13 heteroatoms. The Bertz CT molecular complexity index is 1580. The molecule has 11 nitrogen and oxygen atoms in total. The fraction of sp³-hybridized carbons (Fsp3) is 0.423. The van der Waals surface area contributed by atoms with Crippen molar-refractivity contribution in [3.05, 3.63) is 39.6 Å². The number of aliphatic hydroxyl groups is 1. The van der Waals surface area contributed by atoms with E-state index in [1.54, 1.807) is 17.9 Å². The van der Waals surface area contributed by atoms with Crippen molar-refractivity contribution in [1.29, 1.82) is 5.26 Å². The van der Waals surface area contributed by atoms with E-state index in [9.17, 15) is 15.2 Å².